The molecule has 1 aliphatic heterocycles. The molecule has 3 amide bonds. The summed E-state index contributed by atoms with van der Waals surface area (Å²) in [5, 5.41) is 0. The monoisotopic (exact) mass is 353 g/mol. The molecular formula is C20H23N3O3. The third kappa shape index (κ3) is 3.79. The van der Waals surface area contributed by atoms with E-state index in [1.807, 2.05) is 54.6 Å². The molecule has 6 nitrogen and oxygen atoms in total. The molecule has 0 aliphatic carbocycles. The molecule has 136 valence electrons. The average molecular weight is 353 g/mol. The molecule has 0 aromatic heterocycles. The number of para-hydroxylation sites is 2. The predicted octanol–water partition coefficient (Wildman–Crippen LogP) is 2.60. The minimum atomic E-state index is -0.170. The van der Waals surface area contributed by atoms with Gasteiger partial charge in [0.25, 0.3) is 0 Å². The van der Waals surface area contributed by atoms with Crippen LogP contribution in [-0.2, 0) is 11.3 Å². The van der Waals surface area contributed by atoms with E-state index < -0.39 is 0 Å². The summed E-state index contributed by atoms with van der Waals surface area (Å²) in [6.07, 6.45) is 0. The maximum atomic E-state index is 12.7. The van der Waals surface area contributed by atoms with Crippen LogP contribution in [0.3, 0.4) is 0 Å². The lowest BCUT2D eigenvalue weighted by Crippen LogP contribution is -2.40. The molecule has 0 N–H and O–H groups in total. The number of carbonyl (C=O) groups excluding carboxylic acids is 2. The van der Waals surface area contributed by atoms with Gasteiger partial charge in [-0.2, -0.15) is 0 Å². The van der Waals surface area contributed by atoms with Gasteiger partial charge >= 0.3 is 6.03 Å². The first-order valence-corrected chi connectivity index (χ1v) is 8.57. The number of benzene rings is 2. The second-order valence-corrected chi connectivity index (χ2v) is 6.26. The molecule has 0 unspecified atom stereocenters. The fourth-order valence-corrected chi connectivity index (χ4v) is 3.04. The number of hydrogen-bond acceptors (Lipinski definition) is 3. The van der Waals surface area contributed by atoms with Crippen molar-refractivity contribution in [3.8, 4) is 5.75 Å². The van der Waals surface area contributed by atoms with Crippen molar-refractivity contribution < 1.29 is 14.3 Å². The van der Waals surface area contributed by atoms with Gasteiger partial charge in [-0.3, -0.25) is 9.69 Å². The molecule has 1 aliphatic rings. The van der Waals surface area contributed by atoms with Crippen LogP contribution in [0.15, 0.2) is 54.6 Å². The fraction of sp³-hybridized carbons (Fsp3) is 0.300. The fourth-order valence-electron chi connectivity index (χ4n) is 3.04. The number of likely N-dealkylation sites (N-methyl/N-ethyl adjacent to an activating group) is 1. The van der Waals surface area contributed by atoms with Crippen LogP contribution in [-0.4, -0.2) is 55.5 Å². The summed E-state index contributed by atoms with van der Waals surface area (Å²) in [5.41, 5.74) is 1.79. The van der Waals surface area contributed by atoms with Crippen LogP contribution in [0, 0.1) is 0 Å². The summed E-state index contributed by atoms with van der Waals surface area (Å²) < 4.78 is 5.34. The van der Waals surface area contributed by atoms with E-state index in [1.54, 1.807) is 28.9 Å². The second kappa shape index (κ2) is 7.91. The molecule has 3 rings (SSSR count). The number of urea groups is 1. The Morgan fingerprint density at radius 3 is 2.50 bits per heavy atom. The van der Waals surface area contributed by atoms with Crippen LogP contribution >= 0.6 is 0 Å². The molecule has 0 atom stereocenters. The number of carbonyl (C=O) groups is 2. The van der Waals surface area contributed by atoms with Gasteiger partial charge in [0.05, 0.1) is 12.8 Å². The van der Waals surface area contributed by atoms with Crippen LogP contribution in [0.4, 0.5) is 10.5 Å². The van der Waals surface area contributed by atoms with E-state index in [1.165, 1.54) is 0 Å². The Morgan fingerprint density at radius 1 is 1.08 bits per heavy atom. The van der Waals surface area contributed by atoms with E-state index in [2.05, 4.69) is 0 Å². The third-order valence-electron chi connectivity index (χ3n) is 4.49. The van der Waals surface area contributed by atoms with Gasteiger partial charge in [0.2, 0.25) is 5.91 Å². The van der Waals surface area contributed by atoms with Gasteiger partial charge in [0.1, 0.15) is 12.3 Å². The molecule has 6 heteroatoms. The lowest BCUT2D eigenvalue weighted by atomic mass is 10.2. The van der Waals surface area contributed by atoms with E-state index in [4.69, 9.17) is 4.74 Å². The number of amides is 3. The maximum absolute atomic E-state index is 12.7. The number of methoxy groups -OCH3 is 1. The minimum Gasteiger partial charge on any atom is -0.495 e. The Bertz CT molecular complexity index is 779. The van der Waals surface area contributed by atoms with Gasteiger partial charge in [0.15, 0.2) is 0 Å². The molecule has 0 spiro atoms. The number of hydrogen-bond donors (Lipinski definition) is 0. The Balaban J connectivity index is 1.62. The summed E-state index contributed by atoms with van der Waals surface area (Å²) in [7, 11) is 3.34. The highest BCUT2D eigenvalue weighted by atomic mass is 16.5. The first-order chi connectivity index (χ1) is 12.6. The van der Waals surface area contributed by atoms with Gasteiger partial charge < -0.3 is 14.5 Å². The molecule has 2 aromatic rings. The van der Waals surface area contributed by atoms with Crippen LogP contribution in [0.1, 0.15) is 5.56 Å². The van der Waals surface area contributed by atoms with Crippen molar-refractivity contribution in [1.82, 2.24) is 9.80 Å². The van der Waals surface area contributed by atoms with E-state index >= 15 is 0 Å². The van der Waals surface area contributed by atoms with Crippen molar-refractivity contribution in [2.75, 3.05) is 38.7 Å². The van der Waals surface area contributed by atoms with Gasteiger partial charge in [-0.05, 0) is 17.7 Å². The summed E-state index contributed by atoms with van der Waals surface area (Å²) in [6, 6.07) is 17.0. The van der Waals surface area contributed by atoms with Crippen LogP contribution in [0.25, 0.3) is 0 Å². The van der Waals surface area contributed by atoms with Crippen molar-refractivity contribution >= 4 is 17.6 Å². The Hall–Kier alpha value is -3.02. The molecule has 26 heavy (non-hydrogen) atoms. The van der Waals surface area contributed by atoms with E-state index in [0.717, 1.165) is 11.3 Å². The molecule has 1 saturated heterocycles. The van der Waals surface area contributed by atoms with Crippen molar-refractivity contribution in [3.63, 3.8) is 0 Å². The second-order valence-electron chi connectivity index (χ2n) is 6.26. The molecule has 1 heterocycles. The Labute approximate surface area is 153 Å². The zero-order valence-corrected chi connectivity index (χ0v) is 15.1. The quantitative estimate of drug-likeness (QED) is 0.802. The van der Waals surface area contributed by atoms with Crippen molar-refractivity contribution in [3.05, 3.63) is 60.2 Å². The van der Waals surface area contributed by atoms with E-state index in [-0.39, 0.29) is 18.5 Å². The zero-order valence-electron chi connectivity index (χ0n) is 15.1. The largest absolute Gasteiger partial charge is 0.495 e. The summed E-state index contributed by atoms with van der Waals surface area (Å²) in [6.45, 7) is 1.66. The van der Waals surface area contributed by atoms with E-state index in [0.29, 0.717) is 25.4 Å². The van der Waals surface area contributed by atoms with Crippen LogP contribution in [0.5, 0.6) is 5.75 Å². The van der Waals surface area contributed by atoms with Crippen LogP contribution < -0.4 is 9.64 Å². The molecule has 0 bridgehead atoms. The van der Waals surface area contributed by atoms with Crippen molar-refractivity contribution in [1.29, 1.82) is 0 Å². The molecule has 1 fully saturated rings. The standard InChI is InChI=1S/C20H23N3O3/c1-21(14-16-8-4-3-5-9-16)19(24)15-22-12-13-23(20(22)25)17-10-6-7-11-18(17)26-2/h3-11H,12-15H2,1-2H3. The van der Waals surface area contributed by atoms with E-state index in [9.17, 15) is 9.59 Å². The predicted molar refractivity (Wildman–Crippen MR) is 100 cm³/mol. The minimum absolute atomic E-state index is 0.0772. The van der Waals surface area contributed by atoms with Crippen molar-refractivity contribution in [2.45, 2.75) is 6.54 Å². The highest BCUT2D eigenvalue weighted by Gasteiger charge is 2.32. The van der Waals surface area contributed by atoms with Gasteiger partial charge in [0, 0.05) is 26.7 Å². The first kappa shape index (κ1) is 17.8. The highest BCUT2D eigenvalue weighted by Crippen LogP contribution is 2.30. The smallest absolute Gasteiger partial charge is 0.325 e. The Kier molecular flexibility index (Phi) is 5.41. The molecule has 0 radical (unpaired) electrons. The first-order valence-electron chi connectivity index (χ1n) is 8.57. The summed E-state index contributed by atoms with van der Waals surface area (Å²) >= 11 is 0. The Morgan fingerprint density at radius 2 is 1.77 bits per heavy atom. The molecular weight excluding hydrogens is 330 g/mol. The molecule has 2 aromatic carbocycles. The SMILES string of the molecule is COc1ccccc1N1CCN(CC(=O)N(C)Cc2ccccc2)C1=O. The zero-order chi connectivity index (χ0) is 18.5. The molecule has 0 saturated carbocycles. The summed E-state index contributed by atoms with van der Waals surface area (Å²) in [4.78, 5) is 30.1. The van der Waals surface area contributed by atoms with Crippen molar-refractivity contribution in [2.24, 2.45) is 0 Å². The lowest BCUT2D eigenvalue weighted by Gasteiger charge is -2.23. The van der Waals surface area contributed by atoms with Gasteiger partial charge in [-0.25, -0.2) is 4.79 Å². The van der Waals surface area contributed by atoms with Crippen LogP contribution in [0.2, 0.25) is 0 Å². The summed E-state index contributed by atoms with van der Waals surface area (Å²) in [5.74, 6) is 0.569. The lowest BCUT2D eigenvalue weighted by molar-refractivity contribution is -0.130. The van der Waals surface area contributed by atoms with Gasteiger partial charge in [-0.15, -0.1) is 0 Å². The number of nitrogens with zero attached hydrogens (tertiary/aromatic N) is 3. The number of ether oxygens (including phenoxy) is 1. The number of rotatable bonds is 6. The average Bonchev–Trinajstić information content (AvgIpc) is 3.02. The maximum Gasteiger partial charge on any atom is 0.325 e. The van der Waals surface area contributed by atoms with Gasteiger partial charge in [-0.1, -0.05) is 42.5 Å². The normalized spacial score (nSPS) is 13.8. The topological polar surface area (TPSA) is 53.1 Å². The highest BCUT2D eigenvalue weighted by molar-refractivity contribution is 5.97. The third-order valence-corrected chi connectivity index (χ3v) is 4.49. The number of anilines is 1.